The predicted octanol–water partition coefficient (Wildman–Crippen LogP) is 3.61. The van der Waals surface area contributed by atoms with Gasteiger partial charge in [0, 0.05) is 11.1 Å². The highest BCUT2D eigenvalue weighted by Crippen LogP contribution is 2.35. The van der Waals surface area contributed by atoms with Crippen LogP contribution in [0.4, 0.5) is 10.1 Å². The molecule has 2 aromatic rings. The Morgan fingerprint density at radius 1 is 1.25 bits per heavy atom. The average Bonchev–Trinajstić information content (AvgIpc) is 2.28. The SMILES string of the molecule is Nc1c(F)cccc1Sc1ncccc1Cl. The molecule has 5 heteroatoms. The van der Waals surface area contributed by atoms with Gasteiger partial charge < -0.3 is 5.73 Å². The van der Waals surface area contributed by atoms with Crippen LogP contribution in [0.5, 0.6) is 0 Å². The highest BCUT2D eigenvalue weighted by molar-refractivity contribution is 7.99. The van der Waals surface area contributed by atoms with Crippen molar-refractivity contribution in [2.24, 2.45) is 0 Å². The maximum Gasteiger partial charge on any atom is 0.147 e. The topological polar surface area (TPSA) is 38.9 Å². The van der Waals surface area contributed by atoms with E-state index in [9.17, 15) is 4.39 Å². The largest absolute Gasteiger partial charge is 0.395 e. The number of anilines is 1. The van der Waals surface area contributed by atoms with Gasteiger partial charge in [-0.2, -0.15) is 0 Å². The number of para-hydroxylation sites is 1. The van der Waals surface area contributed by atoms with Gasteiger partial charge in [-0.3, -0.25) is 0 Å². The van der Waals surface area contributed by atoms with E-state index in [2.05, 4.69) is 4.98 Å². The van der Waals surface area contributed by atoms with Crippen LogP contribution in [-0.4, -0.2) is 4.98 Å². The second-order valence-electron chi connectivity index (χ2n) is 3.04. The van der Waals surface area contributed by atoms with Crippen molar-refractivity contribution in [3.8, 4) is 0 Å². The third kappa shape index (κ3) is 2.28. The zero-order chi connectivity index (χ0) is 11.5. The van der Waals surface area contributed by atoms with E-state index in [1.54, 1.807) is 30.5 Å². The first-order valence-electron chi connectivity index (χ1n) is 4.51. The van der Waals surface area contributed by atoms with Crippen LogP contribution in [0.25, 0.3) is 0 Å². The zero-order valence-corrected chi connectivity index (χ0v) is 9.73. The number of nitrogens with two attached hydrogens (primary N) is 1. The molecule has 2 N–H and O–H groups in total. The fraction of sp³-hybridized carbons (Fsp3) is 0. The normalized spacial score (nSPS) is 10.4. The molecule has 0 bridgehead atoms. The highest BCUT2D eigenvalue weighted by Gasteiger charge is 2.08. The molecule has 1 aromatic heterocycles. The Morgan fingerprint density at radius 2 is 2.06 bits per heavy atom. The number of pyridine rings is 1. The molecule has 16 heavy (non-hydrogen) atoms. The van der Waals surface area contributed by atoms with Crippen molar-refractivity contribution in [3.05, 3.63) is 47.4 Å². The van der Waals surface area contributed by atoms with Crippen LogP contribution in [0.15, 0.2) is 46.5 Å². The molecular formula is C11H8ClFN2S. The third-order valence-electron chi connectivity index (χ3n) is 1.94. The summed E-state index contributed by atoms with van der Waals surface area (Å²) in [7, 11) is 0. The van der Waals surface area contributed by atoms with Gasteiger partial charge in [0.05, 0.1) is 10.7 Å². The fourth-order valence-corrected chi connectivity index (χ4v) is 2.24. The van der Waals surface area contributed by atoms with Gasteiger partial charge >= 0.3 is 0 Å². The number of rotatable bonds is 2. The van der Waals surface area contributed by atoms with Gasteiger partial charge in [-0.05, 0) is 24.3 Å². The number of aromatic nitrogens is 1. The molecule has 0 atom stereocenters. The lowest BCUT2D eigenvalue weighted by molar-refractivity contribution is 0.629. The molecule has 0 saturated heterocycles. The second-order valence-corrected chi connectivity index (χ2v) is 4.48. The van der Waals surface area contributed by atoms with E-state index in [1.807, 2.05) is 0 Å². The van der Waals surface area contributed by atoms with Crippen LogP contribution in [-0.2, 0) is 0 Å². The van der Waals surface area contributed by atoms with Crippen molar-refractivity contribution in [1.29, 1.82) is 0 Å². The van der Waals surface area contributed by atoms with Crippen molar-refractivity contribution in [3.63, 3.8) is 0 Å². The molecular weight excluding hydrogens is 247 g/mol. The standard InChI is InChI=1S/C11H8ClFN2S/c12-7-3-2-6-15-11(7)16-9-5-1-4-8(13)10(9)14/h1-6H,14H2. The Labute approximate surface area is 102 Å². The van der Waals surface area contributed by atoms with Gasteiger partial charge in [-0.1, -0.05) is 29.4 Å². The highest BCUT2D eigenvalue weighted by atomic mass is 35.5. The molecule has 0 unspecified atom stereocenters. The first-order valence-corrected chi connectivity index (χ1v) is 5.70. The lowest BCUT2D eigenvalue weighted by atomic mass is 10.3. The minimum Gasteiger partial charge on any atom is -0.395 e. The summed E-state index contributed by atoms with van der Waals surface area (Å²) in [6.45, 7) is 0. The Balaban J connectivity index is 2.35. The zero-order valence-electron chi connectivity index (χ0n) is 8.15. The number of nitrogen functional groups attached to an aromatic ring is 1. The number of nitrogens with zero attached hydrogens (tertiary/aromatic N) is 1. The number of benzene rings is 1. The van der Waals surface area contributed by atoms with Crippen LogP contribution in [0.1, 0.15) is 0 Å². The summed E-state index contributed by atoms with van der Waals surface area (Å²) in [5, 5.41) is 1.14. The molecule has 0 saturated carbocycles. The second kappa shape index (κ2) is 4.72. The van der Waals surface area contributed by atoms with Crippen molar-refractivity contribution in [2.45, 2.75) is 9.92 Å². The molecule has 0 aliphatic rings. The van der Waals surface area contributed by atoms with E-state index in [-0.39, 0.29) is 5.69 Å². The molecule has 0 aliphatic heterocycles. The van der Waals surface area contributed by atoms with E-state index in [1.165, 1.54) is 17.8 Å². The predicted molar refractivity (Wildman–Crippen MR) is 64.2 cm³/mol. The average molecular weight is 255 g/mol. The minimum atomic E-state index is -0.433. The van der Waals surface area contributed by atoms with E-state index in [0.29, 0.717) is 14.9 Å². The van der Waals surface area contributed by atoms with Crippen molar-refractivity contribution >= 4 is 29.1 Å². The fourth-order valence-electron chi connectivity index (χ4n) is 1.16. The summed E-state index contributed by atoms with van der Waals surface area (Å²) in [4.78, 5) is 4.71. The van der Waals surface area contributed by atoms with Gasteiger partial charge in [0.1, 0.15) is 10.8 Å². The van der Waals surface area contributed by atoms with E-state index in [4.69, 9.17) is 17.3 Å². The monoisotopic (exact) mass is 254 g/mol. The smallest absolute Gasteiger partial charge is 0.147 e. The lowest BCUT2D eigenvalue weighted by Gasteiger charge is -2.06. The van der Waals surface area contributed by atoms with Crippen LogP contribution in [0.3, 0.4) is 0 Å². The molecule has 2 nitrogen and oxygen atoms in total. The molecule has 0 aliphatic carbocycles. The van der Waals surface area contributed by atoms with Gasteiger partial charge in [0.15, 0.2) is 0 Å². The molecule has 1 aromatic carbocycles. The summed E-state index contributed by atoms with van der Waals surface area (Å²) in [6, 6.07) is 8.12. The first kappa shape index (κ1) is 11.2. The summed E-state index contributed by atoms with van der Waals surface area (Å²) in [5.74, 6) is -0.433. The summed E-state index contributed by atoms with van der Waals surface area (Å²) in [6.07, 6.45) is 1.63. The Kier molecular flexibility index (Phi) is 3.31. The Bertz CT molecular complexity index is 519. The van der Waals surface area contributed by atoms with Crippen molar-refractivity contribution in [2.75, 3.05) is 5.73 Å². The molecule has 82 valence electrons. The number of hydrogen-bond acceptors (Lipinski definition) is 3. The summed E-state index contributed by atoms with van der Waals surface area (Å²) >= 11 is 7.20. The quantitative estimate of drug-likeness (QED) is 0.832. The van der Waals surface area contributed by atoms with Gasteiger partial charge in [0.2, 0.25) is 0 Å². The van der Waals surface area contributed by atoms with E-state index < -0.39 is 5.82 Å². The molecule has 2 rings (SSSR count). The van der Waals surface area contributed by atoms with Crippen LogP contribution >= 0.6 is 23.4 Å². The molecule has 0 radical (unpaired) electrons. The third-order valence-corrected chi connectivity index (χ3v) is 3.46. The molecule has 0 spiro atoms. The van der Waals surface area contributed by atoms with Gasteiger partial charge in [-0.25, -0.2) is 9.37 Å². The van der Waals surface area contributed by atoms with Crippen LogP contribution in [0, 0.1) is 5.82 Å². The lowest BCUT2D eigenvalue weighted by Crippen LogP contribution is -1.93. The minimum absolute atomic E-state index is 0.120. The van der Waals surface area contributed by atoms with Crippen LogP contribution < -0.4 is 5.73 Å². The van der Waals surface area contributed by atoms with Crippen LogP contribution in [0.2, 0.25) is 5.02 Å². The Morgan fingerprint density at radius 3 is 2.81 bits per heavy atom. The summed E-state index contributed by atoms with van der Waals surface area (Å²) < 4.78 is 13.2. The molecule has 0 fully saturated rings. The molecule has 0 amide bonds. The number of hydrogen-bond donors (Lipinski definition) is 1. The first-order chi connectivity index (χ1) is 7.68. The van der Waals surface area contributed by atoms with Gasteiger partial charge in [0.25, 0.3) is 0 Å². The molecule has 1 heterocycles. The number of halogens is 2. The summed E-state index contributed by atoms with van der Waals surface area (Å²) in [5.41, 5.74) is 5.73. The van der Waals surface area contributed by atoms with Gasteiger partial charge in [-0.15, -0.1) is 0 Å². The van der Waals surface area contributed by atoms with Crippen molar-refractivity contribution in [1.82, 2.24) is 4.98 Å². The Hall–Kier alpha value is -1.26. The van der Waals surface area contributed by atoms with Crippen molar-refractivity contribution < 1.29 is 4.39 Å². The van der Waals surface area contributed by atoms with E-state index in [0.717, 1.165) is 0 Å². The maximum absolute atomic E-state index is 13.2. The van der Waals surface area contributed by atoms with E-state index >= 15 is 0 Å². The maximum atomic E-state index is 13.2.